The molecule has 0 heterocycles. The van der Waals surface area contributed by atoms with Gasteiger partial charge in [0.2, 0.25) is 11.8 Å². The molecule has 0 radical (unpaired) electrons. The van der Waals surface area contributed by atoms with E-state index in [4.69, 9.17) is 5.73 Å². The molecule has 0 aliphatic heterocycles. The number of nitrogens with one attached hydrogen (secondary N) is 2. The van der Waals surface area contributed by atoms with E-state index in [0.717, 1.165) is 32.1 Å². The second-order valence-electron chi connectivity index (χ2n) is 7.45. The quantitative estimate of drug-likeness (QED) is 0.313. The Hall–Kier alpha value is -1.12. The fourth-order valence-electron chi connectivity index (χ4n) is 3.23. The van der Waals surface area contributed by atoms with E-state index in [9.17, 15) is 24.2 Å². The first-order chi connectivity index (χ1) is 12.2. The maximum absolute atomic E-state index is 11.8. The molecule has 1 aliphatic rings. The number of nitrogens with two attached hydrogens (primary N) is 1. The van der Waals surface area contributed by atoms with Gasteiger partial charge in [0.25, 0.3) is 0 Å². The third kappa shape index (κ3) is 9.58. The second-order valence-corrected chi connectivity index (χ2v) is 8.72. The number of amides is 2. The number of rotatable bonds is 10. The minimum absolute atomic E-state index is 0. The number of aliphatic hydroxyl groups is 1. The average molecular weight is 408 g/mol. The van der Waals surface area contributed by atoms with Crippen LogP contribution >= 0.6 is 8.03 Å². The zero-order valence-electron chi connectivity index (χ0n) is 16.2. The van der Waals surface area contributed by atoms with Crippen LogP contribution in [0.25, 0.3) is 0 Å². The number of aliphatic hydroxyl groups excluding tert-OH is 1. The molecule has 10 heteroatoms. The van der Waals surface area contributed by atoms with E-state index in [0.29, 0.717) is 0 Å². The Bertz CT molecular complexity index is 485. The maximum atomic E-state index is 11.8. The Kier molecular flexibility index (Phi) is 12.6. The molecular formula is C17H35N3O6P+. The summed E-state index contributed by atoms with van der Waals surface area (Å²) in [4.78, 5) is 33.1. The van der Waals surface area contributed by atoms with Crippen LogP contribution in [0.15, 0.2) is 0 Å². The van der Waals surface area contributed by atoms with Crippen molar-refractivity contribution >= 4 is 19.8 Å². The van der Waals surface area contributed by atoms with Crippen molar-refractivity contribution in [3.05, 3.63) is 0 Å². The molecule has 0 aromatic heterocycles. The Balaban J connectivity index is 0.00000676. The number of hydrogen-bond acceptors (Lipinski definition) is 5. The van der Waals surface area contributed by atoms with Gasteiger partial charge in [-0.3, -0.25) is 9.59 Å². The lowest BCUT2D eigenvalue weighted by Crippen LogP contribution is -2.47. The minimum Gasteiger partial charge on any atom is -0.412 e. The molecule has 1 aliphatic carbocycles. The SMILES string of the molecule is CC(C)[C@H](N)C(=O)NCC(=O)NC[C@H](O)CC(C1CCCCC1)[P+](=O)O.O. The van der Waals surface area contributed by atoms with Crippen molar-refractivity contribution in [3.63, 3.8) is 0 Å². The molecule has 8 N–H and O–H groups in total. The third-order valence-corrected chi connectivity index (χ3v) is 6.17. The maximum Gasteiger partial charge on any atom is 0.509 e. The number of hydrogen-bond donors (Lipinski definition) is 5. The minimum atomic E-state index is -2.37. The molecule has 9 nitrogen and oxygen atoms in total. The Morgan fingerprint density at radius 1 is 1.19 bits per heavy atom. The normalized spacial score (nSPS) is 18.8. The van der Waals surface area contributed by atoms with E-state index in [1.54, 1.807) is 0 Å². The summed E-state index contributed by atoms with van der Waals surface area (Å²) in [5.74, 6) is -0.710. The van der Waals surface area contributed by atoms with E-state index >= 15 is 0 Å². The summed E-state index contributed by atoms with van der Waals surface area (Å²) in [5.41, 5.74) is 5.24. The van der Waals surface area contributed by atoms with E-state index in [2.05, 4.69) is 10.6 Å². The van der Waals surface area contributed by atoms with E-state index < -0.39 is 37.6 Å². The van der Waals surface area contributed by atoms with Crippen LogP contribution in [0.1, 0.15) is 52.4 Å². The van der Waals surface area contributed by atoms with Crippen LogP contribution in [-0.2, 0) is 14.2 Å². The van der Waals surface area contributed by atoms with Crippen molar-refractivity contribution < 1.29 is 29.6 Å². The van der Waals surface area contributed by atoms with Gasteiger partial charge in [-0.05, 0) is 23.3 Å². The lowest BCUT2D eigenvalue weighted by molar-refractivity contribution is -0.127. The van der Waals surface area contributed by atoms with Crippen LogP contribution in [0, 0.1) is 11.8 Å². The van der Waals surface area contributed by atoms with Gasteiger partial charge in [-0.2, -0.15) is 4.89 Å². The molecule has 4 atom stereocenters. The first kappa shape index (κ1) is 25.9. The first-order valence-corrected chi connectivity index (χ1v) is 10.6. The van der Waals surface area contributed by atoms with Gasteiger partial charge >= 0.3 is 8.03 Å². The zero-order valence-corrected chi connectivity index (χ0v) is 17.1. The first-order valence-electron chi connectivity index (χ1n) is 9.35. The highest BCUT2D eigenvalue weighted by molar-refractivity contribution is 7.38. The van der Waals surface area contributed by atoms with Gasteiger partial charge in [0.05, 0.1) is 18.7 Å². The largest absolute Gasteiger partial charge is 0.509 e. The summed E-state index contributed by atoms with van der Waals surface area (Å²) < 4.78 is 11.7. The summed E-state index contributed by atoms with van der Waals surface area (Å²) in [6.07, 6.45) is 4.36. The number of carbonyl (C=O) groups excluding carboxylic acids is 2. The molecule has 2 unspecified atom stereocenters. The van der Waals surface area contributed by atoms with E-state index in [1.165, 1.54) is 0 Å². The molecule has 158 valence electrons. The average Bonchev–Trinajstić information content (AvgIpc) is 2.62. The fourth-order valence-corrected chi connectivity index (χ4v) is 4.31. The molecule has 1 saturated carbocycles. The van der Waals surface area contributed by atoms with Crippen LogP contribution in [0.4, 0.5) is 0 Å². The molecule has 0 aromatic rings. The van der Waals surface area contributed by atoms with Crippen LogP contribution in [0.3, 0.4) is 0 Å². The van der Waals surface area contributed by atoms with Gasteiger partial charge in [-0.25, -0.2) is 0 Å². The molecule has 1 rings (SSSR count). The fraction of sp³-hybridized carbons (Fsp3) is 0.882. The summed E-state index contributed by atoms with van der Waals surface area (Å²) in [6, 6.07) is -0.675. The van der Waals surface area contributed by atoms with Crippen molar-refractivity contribution in [1.82, 2.24) is 10.6 Å². The molecule has 27 heavy (non-hydrogen) atoms. The molecule has 0 bridgehead atoms. The molecule has 0 spiro atoms. The lowest BCUT2D eigenvalue weighted by atomic mass is 9.85. The van der Waals surface area contributed by atoms with Crippen molar-refractivity contribution in [3.8, 4) is 0 Å². The number of carbonyl (C=O) groups is 2. The zero-order chi connectivity index (χ0) is 19.7. The van der Waals surface area contributed by atoms with Gasteiger partial charge in [0.1, 0.15) is 0 Å². The van der Waals surface area contributed by atoms with Crippen molar-refractivity contribution in [2.45, 2.75) is 70.2 Å². The lowest BCUT2D eigenvalue weighted by Gasteiger charge is -2.24. The van der Waals surface area contributed by atoms with Gasteiger partial charge in [-0.15, -0.1) is 0 Å². The topological polar surface area (TPSA) is 173 Å². The van der Waals surface area contributed by atoms with Gasteiger partial charge < -0.3 is 26.9 Å². The third-order valence-electron chi connectivity index (χ3n) is 4.97. The summed E-state index contributed by atoms with van der Waals surface area (Å²) in [5, 5.41) is 15.1. The van der Waals surface area contributed by atoms with Crippen molar-refractivity contribution in [1.29, 1.82) is 0 Å². The summed E-state index contributed by atoms with van der Waals surface area (Å²) in [7, 11) is -2.37. The molecule has 1 fully saturated rings. The van der Waals surface area contributed by atoms with Gasteiger partial charge in [-0.1, -0.05) is 33.1 Å². The highest BCUT2D eigenvalue weighted by Gasteiger charge is 2.39. The smallest absolute Gasteiger partial charge is 0.412 e. The van der Waals surface area contributed by atoms with E-state index in [-0.39, 0.29) is 36.8 Å². The second kappa shape index (κ2) is 13.1. The Morgan fingerprint density at radius 3 is 2.30 bits per heavy atom. The summed E-state index contributed by atoms with van der Waals surface area (Å²) in [6.45, 7) is 3.40. The van der Waals surface area contributed by atoms with Gasteiger partial charge in [0, 0.05) is 18.9 Å². The van der Waals surface area contributed by atoms with Crippen LogP contribution in [0.2, 0.25) is 0 Å². The van der Waals surface area contributed by atoms with Crippen LogP contribution < -0.4 is 16.4 Å². The molecule has 0 aromatic carbocycles. The van der Waals surface area contributed by atoms with Crippen LogP contribution in [0.5, 0.6) is 0 Å². The molecule has 2 amide bonds. The molecule has 0 saturated heterocycles. The highest BCUT2D eigenvalue weighted by atomic mass is 31.1. The van der Waals surface area contributed by atoms with Crippen LogP contribution in [-0.4, -0.2) is 58.2 Å². The Labute approximate surface area is 161 Å². The standard InChI is InChI=1S/C17H32N3O5P.H2O/c1-11(2)16(18)17(23)20-10-15(22)19-9-13(21)8-14(26(24)25)12-6-4-3-5-7-12;/h11-14,16,21H,3-10,18H2,1-2H3,(H2-,19,20,22,23,24,25);1H2/p+1/t13-,14?,16+;/m1./s1. The molecular weight excluding hydrogens is 373 g/mol. The van der Waals surface area contributed by atoms with Crippen molar-refractivity contribution in [2.24, 2.45) is 17.6 Å². The highest BCUT2D eigenvalue weighted by Crippen LogP contribution is 2.40. The summed E-state index contributed by atoms with van der Waals surface area (Å²) >= 11 is 0. The van der Waals surface area contributed by atoms with Gasteiger partial charge in [0.15, 0.2) is 5.66 Å². The predicted octanol–water partition coefficient (Wildman–Crippen LogP) is -0.188. The van der Waals surface area contributed by atoms with Crippen molar-refractivity contribution in [2.75, 3.05) is 13.1 Å². The van der Waals surface area contributed by atoms with E-state index in [1.807, 2.05) is 13.8 Å². The monoisotopic (exact) mass is 408 g/mol. The Morgan fingerprint density at radius 2 is 1.78 bits per heavy atom. The predicted molar refractivity (Wildman–Crippen MR) is 103 cm³/mol.